The van der Waals surface area contributed by atoms with Crippen LogP contribution < -0.4 is 20.1 Å². The molecule has 0 bridgehead atoms. The topological polar surface area (TPSA) is 136 Å². The first-order valence-corrected chi connectivity index (χ1v) is 13.8. The van der Waals surface area contributed by atoms with Crippen LogP contribution in [0.5, 0.6) is 5.88 Å². The van der Waals surface area contributed by atoms with Crippen molar-refractivity contribution in [2.45, 2.75) is 59.0 Å². The smallest absolute Gasteiger partial charge is 0.304 e. The molecule has 2 aromatic rings. The lowest BCUT2D eigenvalue weighted by atomic mass is 9.97. The van der Waals surface area contributed by atoms with Crippen molar-refractivity contribution in [2.24, 2.45) is 17.6 Å². The minimum Gasteiger partial charge on any atom is -0.476 e. The Bertz CT molecular complexity index is 1210. The van der Waals surface area contributed by atoms with E-state index in [0.717, 1.165) is 6.42 Å². The number of anilines is 1. The maximum Gasteiger partial charge on any atom is 0.304 e. The number of aromatic nitrogens is 3. The molecule has 2 aromatic heterocycles. The average molecular weight is 520 g/mol. The van der Waals surface area contributed by atoms with Gasteiger partial charge < -0.3 is 15.4 Å². The van der Waals surface area contributed by atoms with Gasteiger partial charge in [-0.1, -0.05) is 20.8 Å². The first-order chi connectivity index (χ1) is 16.9. The number of rotatable bonds is 8. The van der Waals surface area contributed by atoms with Gasteiger partial charge in [0.15, 0.2) is 5.82 Å². The molecular formula is C24H37N7O4S. The van der Waals surface area contributed by atoms with Gasteiger partial charge in [0.05, 0.1) is 12.2 Å². The highest BCUT2D eigenvalue weighted by Gasteiger charge is 2.40. The Morgan fingerprint density at radius 2 is 2.03 bits per heavy atom. The molecule has 0 spiro atoms. The third kappa shape index (κ3) is 5.65. The largest absolute Gasteiger partial charge is 0.476 e. The van der Waals surface area contributed by atoms with Crippen LogP contribution in [0.4, 0.5) is 5.82 Å². The molecule has 2 fully saturated rings. The number of pyridine rings is 1. The second-order valence-electron chi connectivity index (χ2n) is 10.9. The number of nitrogens with one attached hydrogen (secondary N) is 1. The van der Waals surface area contributed by atoms with Gasteiger partial charge in [-0.2, -0.15) is 12.7 Å². The minimum absolute atomic E-state index is 0.184. The lowest BCUT2D eigenvalue weighted by Crippen LogP contribution is -2.44. The zero-order valence-corrected chi connectivity index (χ0v) is 22.5. The molecule has 2 aliphatic heterocycles. The molecule has 11 nitrogen and oxygen atoms in total. The molecule has 36 heavy (non-hydrogen) atoms. The summed E-state index contributed by atoms with van der Waals surface area (Å²) in [6.07, 6.45) is 3.22. The van der Waals surface area contributed by atoms with Crippen LogP contribution >= 0.6 is 0 Å². The van der Waals surface area contributed by atoms with Crippen LogP contribution in [0.3, 0.4) is 0 Å². The fraction of sp³-hybridized carbons (Fsp3) is 0.625. The summed E-state index contributed by atoms with van der Waals surface area (Å²) in [6, 6.07) is 4.79. The van der Waals surface area contributed by atoms with E-state index in [4.69, 9.17) is 15.5 Å². The molecule has 0 unspecified atom stereocenters. The highest BCUT2D eigenvalue weighted by molar-refractivity contribution is 7.87. The number of ether oxygens (including phenoxy) is 1. The summed E-state index contributed by atoms with van der Waals surface area (Å²) in [5.41, 5.74) is 5.79. The molecule has 4 rings (SSSR count). The van der Waals surface area contributed by atoms with Gasteiger partial charge in [-0.3, -0.25) is 4.79 Å². The molecule has 3 N–H and O–H groups in total. The first kappa shape index (κ1) is 26.4. The Balaban J connectivity index is 1.67. The van der Waals surface area contributed by atoms with Gasteiger partial charge >= 0.3 is 10.2 Å². The quantitative estimate of drug-likeness (QED) is 0.540. The Labute approximate surface area is 213 Å². The van der Waals surface area contributed by atoms with Crippen molar-refractivity contribution in [1.82, 2.24) is 23.8 Å². The Hall–Kier alpha value is -2.70. The molecule has 198 valence electrons. The molecule has 2 aliphatic rings. The van der Waals surface area contributed by atoms with Crippen molar-refractivity contribution in [3.8, 4) is 11.7 Å². The Morgan fingerprint density at radius 3 is 2.64 bits per heavy atom. The molecule has 2 atom stereocenters. The molecule has 2 saturated heterocycles. The molecule has 12 heteroatoms. The normalized spacial score (nSPS) is 22.4. The van der Waals surface area contributed by atoms with Gasteiger partial charge in [0, 0.05) is 43.5 Å². The van der Waals surface area contributed by atoms with Crippen molar-refractivity contribution < 1.29 is 17.9 Å². The summed E-state index contributed by atoms with van der Waals surface area (Å²) in [5.74, 6) is 1.44. The maximum atomic E-state index is 13.3. The molecule has 0 aromatic carbocycles. The van der Waals surface area contributed by atoms with Crippen LogP contribution in [0.15, 0.2) is 24.4 Å². The van der Waals surface area contributed by atoms with Crippen molar-refractivity contribution >= 4 is 21.9 Å². The van der Waals surface area contributed by atoms with Crippen LogP contribution in [-0.2, 0) is 10.2 Å². The number of hydrogen-bond donors (Lipinski definition) is 2. The minimum atomic E-state index is -4.02. The van der Waals surface area contributed by atoms with E-state index in [1.807, 2.05) is 0 Å². The van der Waals surface area contributed by atoms with E-state index in [1.165, 1.54) is 4.31 Å². The number of hydrogen-bond acceptors (Lipinski definition) is 8. The van der Waals surface area contributed by atoms with Crippen molar-refractivity contribution in [1.29, 1.82) is 0 Å². The van der Waals surface area contributed by atoms with Crippen molar-refractivity contribution in [2.75, 3.05) is 31.1 Å². The number of nitrogens with two attached hydrogens (primary N) is 1. The van der Waals surface area contributed by atoms with Crippen LogP contribution in [0.2, 0.25) is 0 Å². The van der Waals surface area contributed by atoms with Gasteiger partial charge in [-0.05, 0) is 50.7 Å². The SMILES string of the molecule is CC(C)COc1ccn(-c2ccc(C(=O)NS(=O)(=O)N3CC[C@@H](N)C3)c(N3C[C@@H](C)CC3(C)C)n2)n1. The molecule has 0 aliphatic carbocycles. The molecule has 4 heterocycles. The van der Waals surface area contributed by atoms with Crippen LogP contribution in [0.1, 0.15) is 57.8 Å². The first-order valence-electron chi connectivity index (χ1n) is 12.4. The lowest BCUT2D eigenvalue weighted by Gasteiger charge is -2.34. The molecule has 0 saturated carbocycles. The predicted octanol–water partition coefficient (Wildman–Crippen LogP) is 1.93. The number of nitrogens with zero attached hydrogens (tertiary/aromatic N) is 5. The summed E-state index contributed by atoms with van der Waals surface area (Å²) in [7, 11) is -4.02. The van der Waals surface area contributed by atoms with E-state index in [9.17, 15) is 13.2 Å². The summed E-state index contributed by atoms with van der Waals surface area (Å²) >= 11 is 0. The summed E-state index contributed by atoms with van der Waals surface area (Å²) in [6.45, 7) is 12.2. The van der Waals surface area contributed by atoms with Gasteiger partial charge in [0.2, 0.25) is 5.88 Å². The third-order valence-corrected chi connectivity index (χ3v) is 8.00. The van der Waals surface area contributed by atoms with E-state index in [1.54, 1.807) is 29.1 Å². The monoisotopic (exact) mass is 519 g/mol. The second-order valence-corrected chi connectivity index (χ2v) is 12.6. The maximum absolute atomic E-state index is 13.3. The number of amides is 1. The van der Waals surface area contributed by atoms with Gasteiger partial charge in [0.1, 0.15) is 5.82 Å². The zero-order chi connectivity index (χ0) is 26.3. The molecule has 0 radical (unpaired) electrons. The van der Waals surface area contributed by atoms with Crippen LogP contribution in [0, 0.1) is 11.8 Å². The number of carbonyl (C=O) groups excluding carboxylic acids is 1. The van der Waals surface area contributed by atoms with Crippen molar-refractivity contribution in [3.63, 3.8) is 0 Å². The molecule has 1 amide bonds. The van der Waals surface area contributed by atoms with Crippen molar-refractivity contribution in [3.05, 3.63) is 30.0 Å². The lowest BCUT2D eigenvalue weighted by molar-refractivity contribution is 0.0979. The van der Waals surface area contributed by atoms with Crippen LogP contribution in [0.25, 0.3) is 5.82 Å². The fourth-order valence-electron chi connectivity index (χ4n) is 4.88. The highest BCUT2D eigenvalue weighted by Crippen LogP contribution is 2.37. The van der Waals surface area contributed by atoms with E-state index in [-0.39, 0.29) is 30.2 Å². The van der Waals surface area contributed by atoms with E-state index in [0.29, 0.717) is 48.9 Å². The number of carbonyl (C=O) groups is 1. The summed E-state index contributed by atoms with van der Waals surface area (Å²) in [5, 5.41) is 4.46. The average Bonchev–Trinajstić information content (AvgIpc) is 3.50. The standard InChI is InChI=1S/C24H37N7O4S/c1-16(2)15-35-21-9-11-31(27-21)20-7-6-19(22(26-20)30-13-17(3)12-24(30,4)5)23(32)28-36(33,34)29-10-8-18(25)14-29/h6-7,9,11,16-18H,8,10,12-15,25H2,1-5H3,(H,28,32)/t17-,18+/m0/s1. The van der Waals surface area contributed by atoms with Gasteiger partial charge in [-0.15, -0.1) is 5.10 Å². The molecular weight excluding hydrogens is 482 g/mol. The van der Waals surface area contributed by atoms with Gasteiger partial charge in [-0.25, -0.2) is 14.4 Å². The predicted molar refractivity (Wildman–Crippen MR) is 137 cm³/mol. The zero-order valence-electron chi connectivity index (χ0n) is 21.6. The second kappa shape index (κ2) is 9.98. The summed E-state index contributed by atoms with van der Waals surface area (Å²) in [4.78, 5) is 20.2. The fourth-order valence-corrected chi connectivity index (χ4v) is 6.09. The Kier molecular flexibility index (Phi) is 7.31. The van der Waals surface area contributed by atoms with E-state index in [2.05, 4.69) is 49.3 Å². The van der Waals surface area contributed by atoms with Crippen LogP contribution in [-0.4, -0.2) is 71.2 Å². The van der Waals surface area contributed by atoms with E-state index >= 15 is 0 Å². The third-order valence-electron chi connectivity index (χ3n) is 6.55. The summed E-state index contributed by atoms with van der Waals surface area (Å²) < 4.78 is 36.4. The van der Waals surface area contributed by atoms with E-state index < -0.39 is 16.1 Å². The van der Waals surface area contributed by atoms with Gasteiger partial charge in [0.25, 0.3) is 5.91 Å². The Morgan fingerprint density at radius 1 is 1.28 bits per heavy atom. The highest BCUT2D eigenvalue weighted by atomic mass is 32.2.